The van der Waals surface area contributed by atoms with E-state index in [1.165, 1.54) is 11.5 Å². The van der Waals surface area contributed by atoms with E-state index in [-0.39, 0.29) is 5.75 Å². The highest BCUT2D eigenvalue weighted by Crippen LogP contribution is 2.23. The molecule has 0 amide bonds. The van der Waals surface area contributed by atoms with Crippen LogP contribution < -0.4 is 5.32 Å². The van der Waals surface area contributed by atoms with Crippen molar-refractivity contribution in [3.8, 4) is 0 Å². The van der Waals surface area contributed by atoms with Gasteiger partial charge in [-0.25, -0.2) is 8.42 Å². The van der Waals surface area contributed by atoms with Crippen molar-refractivity contribution in [2.75, 3.05) is 63.6 Å². The van der Waals surface area contributed by atoms with Gasteiger partial charge in [0.25, 0.3) is 0 Å². The Morgan fingerprint density at radius 3 is 2.55 bits per heavy atom. The highest BCUT2D eigenvalue weighted by atomic mass is 32.2. The van der Waals surface area contributed by atoms with Crippen molar-refractivity contribution >= 4 is 27.6 Å². The van der Waals surface area contributed by atoms with E-state index in [1.807, 2.05) is 11.8 Å². The molecule has 8 heteroatoms. The van der Waals surface area contributed by atoms with E-state index < -0.39 is 14.6 Å². The summed E-state index contributed by atoms with van der Waals surface area (Å²) < 4.78 is 23.5. The standard InChI is InChI=1S/C14H28N4O2S2/c1-14(2)12-18(8-11-22(14,19)20)13(15-3)16-4-5-17-6-9-21-10-7-17/h4-12H2,1-3H3,(H,15,16). The number of thioether (sulfide) groups is 1. The molecule has 0 spiro atoms. The Kier molecular flexibility index (Phi) is 6.01. The van der Waals surface area contributed by atoms with Crippen LogP contribution in [0, 0.1) is 0 Å². The summed E-state index contributed by atoms with van der Waals surface area (Å²) in [6, 6.07) is 0. The molecule has 2 rings (SSSR count). The number of hydrogen-bond acceptors (Lipinski definition) is 5. The molecule has 0 aliphatic carbocycles. The first-order valence-electron chi connectivity index (χ1n) is 7.84. The van der Waals surface area contributed by atoms with Crippen molar-refractivity contribution in [3.63, 3.8) is 0 Å². The summed E-state index contributed by atoms with van der Waals surface area (Å²) in [6.45, 7) is 8.78. The second-order valence-corrected chi connectivity index (χ2v) is 10.4. The van der Waals surface area contributed by atoms with E-state index >= 15 is 0 Å². The second kappa shape index (κ2) is 7.40. The Morgan fingerprint density at radius 1 is 1.27 bits per heavy atom. The number of nitrogens with zero attached hydrogens (tertiary/aromatic N) is 3. The minimum absolute atomic E-state index is 0.198. The van der Waals surface area contributed by atoms with Gasteiger partial charge in [-0.05, 0) is 13.8 Å². The van der Waals surface area contributed by atoms with Crippen LogP contribution in [0.25, 0.3) is 0 Å². The predicted octanol–water partition coefficient (Wildman–Crippen LogP) is 0.120. The van der Waals surface area contributed by atoms with Crippen LogP contribution in [0.15, 0.2) is 4.99 Å². The molecular formula is C14H28N4O2S2. The molecule has 1 N–H and O–H groups in total. The fraction of sp³-hybridized carbons (Fsp3) is 0.929. The topological polar surface area (TPSA) is 65.0 Å². The normalized spacial score (nSPS) is 26.0. The first-order valence-corrected chi connectivity index (χ1v) is 10.6. The van der Waals surface area contributed by atoms with Crippen LogP contribution in [-0.2, 0) is 9.84 Å². The highest BCUT2D eigenvalue weighted by Gasteiger charge is 2.40. The lowest BCUT2D eigenvalue weighted by molar-refractivity contribution is 0.302. The fourth-order valence-electron chi connectivity index (χ4n) is 2.81. The summed E-state index contributed by atoms with van der Waals surface area (Å²) in [5.41, 5.74) is 0. The third kappa shape index (κ3) is 4.29. The first-order chi connectivity index (χ1) is 10.4. The lowest BCUT2D eigenvalue weighted by atomic mass is 10.2. The number of guanidine groups is 1. The Balaban J connectivity index is 1.84. The maximum Gasteiger partial charge on any atom is 0.193 e. The average Bonchev–Trinajstić information content (AvgIpc) is 2.48. The smallest absolute Gasteiger partial charge is 0.193 e. The van der Waals surface area contributed by atoms with Crippen molar-refractivity contribution in [3.05, 3.63) is 0 Å². The zero-order valence-corrected chi connectivity index (χ0v) is 15.5. The second-order valence-electron chi connectivity index (χ2n) is 6.43. The molecular weight excluding hydrogens is 320 g/mol. The van der Waals surface area contributed by atoms with Crippen LogP contribution in [0.3, 0.4) is 0 Å². The number of nitrogens with one attached hydrogen (secondary N) is 1. The minimum Gasteiger partial charge on any atom is -0.355 e. The summed E-state index contributed by atoms with van der Waals surface area (Å²) in [7, 11) is -1.25. The van der Waals surface area contributed by atoms with Crippen LogP contribution in [0.1, 0.15) is 13.8 Å². The third-order valence-corrected chi connectivity index (χ3v) is 7.85. The molecule has 2 saturated heterocycles. The molecule has 0 aromatic heterocycles. The molecule has 2 aliphatic rings. The van der Waals surface area contributed by atoms with Crippen molar-refractivity contribution in [2.45, 2.75) is 18.6 Å². The zero-order valence-electron chi connectivity index (χ0n) is 13.8. The summed E-state index contributed by atoms with van der Waals surface area (Å²) in [5, 5.41) is 3.38. The number of hydrogen-bond donors (Lipinski definition) is 1. The van der Waals surface area contributed by atoms with Gasteiger partial charge < -0.3 is 10.2 Å². The lowest BCUT2D eigenvalue weighted by Gasteiger charge is -2.39. The maximum absolute atomic E-state index is 12.1. The summed E-state index contributed by atoms with van der Waals surface area (Å²) >= 11 is 2.01. The largest absolute Gasteiger partial charge is 0.355 e. The SMILES string of the molecule is CN=C(NCCN1CCSCC1)N1CCS(=O)(=O)C(C)(C)C1. The monoisotopic (exact) mass is 348 g/mol. The van der Waals surface area contributed by atoms with E-state index in [2.05, 4.69) is 20.1 Å². The van der Waals surface area contributed by atoms with Gasteiger partial charge in [0.2, 0.25) is 0 Å². The van der Waals surface area contributed by atoms with Crippen molar-refractivity contribution in [1.82, 2.24) is 15.1 Å². The molecule has 0 unspecified atom stereocenters. The van der Waals surface area contributed by atoms with Gasteiger partial charge in [0.05, 0.1) is 10.5 Å². The first kappa shape index (κ1) is 17.9. The van der Waals surface area contributed by atoms with Crippen LogP contribution >= 0.6 is 11.8 Å². The van der Waals surface area contributed by atoms with Gasteiger partial charge in [0, 0.05) is 57.8 Å². The molecule has 0 atom stereocenters. The van der Waals surface area contributed by atoms with Gasteiger partial charge in [0.15, 0.2) is 15.8 Å². The molecule has 0 aromatic rings. The van der Waals surface area contributed by atoms with Gasteiger partial charge in [-0.3, -0.25) is 9.89 Å². The maximum atomic E-state index is 12.1. The molecule has 2 heterocycles. The number of sulfone groups is 1. The lowest BCUT2D eigenvalue weighted by Crippen LogP contribution is -2.57. The quantitative estimate of drug-likeness (QED) is 0.577. The minimum atomic E-state index is -3.01. The highest BCUT2D eigenvalue weighted by molar-refractivity contribution is 7.99. The average molecular weight is 349 g/mol. The van der Waals surface area contributed by atoms with E-state index in [0.717, 1.165) is 32.1 Å². The molecule has 0 radical (unpaired) electrons. The van der Waals surface area contributed by atoms with E-state index in [1.54, 1.807) is 20.9 Å². The predicted molar refractivity (Wildman–Crippen MR) is 94.6 cm³/mol. The Hall–Kier alpha value is -0.470. The molecule has 6 nitrogen and oxygen atoms in total. The van der Waals surface area contributed by atoms with Crippen LogP contribution in [-0.4, -0.2) is 92.5 Å². The van der Waals surface area contributed by atoms with Gasteiger partial charge in [-0.2, -0.15) is 11.8 Å². The Morgan fingerprint density at radius 2 is 1.95 bits per heavy atom. The Labute approximate surface area is 138 Å². The van der Waals surface area contributed by atoms with E-state index in [0.29, 0.717) is 13.1 Å². The van der Waals surface area contributed by atoms with Crippen molar-refractivity contribution < 1.29 is 8.42 Å². The fourth-order valence-corrected chi connectivity index (χ4v) is 5.15. The molecule has 128 valence electrons. The molecule has 22 heavy (non-hydrogen) atoms. The van der Waals surface area contributed by atoms with Gasteiger partial charge in [-0.1, -0.05) is 0 Å². The summed E-state index contributed by atoms with van der Waals surface area (Å²) in [6.07, 6.45) is 0. The van der Waals surface area contributed by atoms with Crippen LogP contribution in [0.4, 0.5) is 0 Å². The van der Waals surface area contributed by atoms with Gasteiger partial charge >= 0.3 is 0 Å². The number of rotatable bonds is 3. The van der Waals surface area contributed by atoms with Crippen LogP contribution in [0.2, 0.25) is 0 Å². The van der Waals surface area contributed by atoms with E-state index in [9.17, 15) is 8.42 Å². The Bertz CT molecular complexity index is 499. The molecule has 0 saturated carbocycles. The molecule has 2 fully saturated rings. The van der Waals surface area contributed by atoms with Crippen LogP contribution in [0.5, 0.6) is 0 Å². The van der Waals surface area contributed by atoms with E-state index in [4.69, 9.17) is 0 Å². The molecule has 2 aliphatic heterocycles. The van der Waals surface area contributed by atoms with Gasteiger partial charge in [0.1, 0.15) is 0 Å². The molecule has 0 bridgehead atoms. The zero-order chi connectivity index (χ0) is 16.2. The summed E-state index contributed by atoms with van der Waals surface area (Å²) in [4.78, 5) is 8.84. The van der Waals surface area contributed by atoms with Crippen molar-refractivity contribution in [1.29, 1.82) is 0 Å². The van der Waals surface area contributed by atoms with Crippen molar-refractivity contribution in [2.24, 2.45) is 4.99 Å². The van der Waals surface area contributed by atoms with Gasteiger partial charge in [-0.15, -0.1) is 0 Å². The summed E-state index contributed by atoms with van der Waals surface area (Å²) in [5.74, 6) is 3.44. The third-order valence-electron chi connectivity index (χ3n) is 4.37. The number of aliphatic imine (C=N–C) groups is 1. The molecule has 0 aromatic carbocycles.